The number of nitrogens with one attached hydrogen (secondary N) is 1. The minimum atomic E-state index is -0.829. The van der Waals surface area contributed by atoms with Gasteiger partial charge in [0.05, 0.1) is 23.4 Å². The summed E-state index contributed by atoms with van der Waals surface area (Å²) in [6, 6.07) is 10.8. The highest BCUT2D eigenvalue weighted by Gasteiger charge is 2.22. The summed E-state index contributed by atoms with van der Waals surface area (Å²) in [6.45, 7) is 1.63. The Balaban J connectivity index is 2.03. The normalized spacial score (nSPS) is 11.9. The molecule has 2 amide bonds. The van der Waals surface area contributed by atoms with Crippen molar-refractivity contribution in [3.63, 3.8) is 0 Å². The summed E-state index contributed by atoms with van der Waals surface area (Å²) in [4.78, 5) is 41.4. The predicted molar refractivity (Wildman–Crippen MR) is 101 cm³/mol. The molecule has 0 saturated heterocycles. The summed E-state index contributed by atoms with van der Waals surface area (Å²) in [6.07, 6.45) is -0.829. The van der Waals surface area contributed by atoms with Gasteiger partial charge in [-0.05, 0) is 30.5 Å². The molecular weight excluding hydrogens is 374 g/mol. The lowest BCUT2D eigenvalue weighted by atomic mass is 10.3. The lowest BCUT2D eigenvalue weighted by Crippen LogP contribution is -2.36. The Hall–Kier alpha value is -2.65. The Morgan fingerprint density at radius 3 is 2.69 bits per heavy atom. The quantitative estimate of drug-likeness (QED) is 0.545. The van der Waals surface area contributed by atoms with Gasteiger partial charge in [0.15, 0.2) is 5.16 Å². The average molecular weight is 389 g/mol. The van der Waals surface area contributed by atoms with Crippen molar-refractivity contribution in [3.05, 3.63) is 52.1 Å². The average Bonchev–Trinajstić information content (AvgIpc) is 3.11. The van der Waals surface area contributed by atoms with Crippen LogP contribution in [0.25, 0.3) is 15.9 Å². The fourth-order valence-corrected chi connectivity index (χ4v) is 3.98. The van der Waals surface area contributed by atoms with Gasteiger partial charge in [-0.1, -0.05) is 30.0 Å². The molecule has 0 unspecified atom stereocenters. The second-order valence-corrected chi connectivity index (χ2v) is 7.45. The standard InChI is InChI=1S/C17H15N3O4S2/c1-10(13(21)18-17(23)24-2)26-16-19-14-12(8-9-25-14)15(22)20(16)11-6-4-3-5-7-11/h3-10H,1-2H3,(H,18,21,23)/t10-/m0/s1. The van der Waals surface area contributed by atoms with Crippen molar-refractivity contribution in [2.45, 2.75) is 17.3 Å². The van der Waals surface area contributed by atoms with Gasteiger partial charge < -0.3 is 4.74 Å². The molecular formula is C17H15N3O4S2. The zero-order chi connectivity index (χ0) is 18.7. The smallest absolute Gasteiger partial charge is 0.413 e. The van der Waals surface area contributed by atoms with Crippen molar-refractivity contribution in [1.82, 2.24) is 14.9 Å². The third-order valence-electron chi connectivity index (χ3n) is 3.54. The number of aromatic nitrogens is 2. The molecule has 134 valence electrons. The number of rotatable bonds is 4. The Morgan fingerprint density at radius 1 is 1.27 bits per heavy atom. The summed E-state index contributed by atoms with van der Waals surface area (Å²) in [7, 11) is 1.18. The molecule has 9 heteroatoms. The van der Waals surface area contributed by atoms with E-state index < -0.39 is 17.3 Å². The molecule has 1 aromatic carbocycles. The van der Waals surface area contributed by atoms with Crippen LogP contribution >= 0.6 is 23.1 Å². The molecule has 0 aliphatic carbocycles. The number of alkyl carbamates (subject to hydrolysis) is 1. The molecule has 26 heavy (non-hydrogen) atoms. The Morgan fingerprint density at radius 2 is 2.00 bits per heavy atom. The molecule has 7 nitrogen and oxygen atoms in total. The zero-order valence-electron chi connectivity index (χ0n) is 14.0. The highest BCUT2D eigenvalue weighted by atomic mass is 32.2. The van der Waals surface area contributed by atoms with E-state index in [4.69, 9.17) is 0 Å². The van der Waals surface area contributed by atoms with Crippen LogP contribution in [0.4, 0.5) is 4.79 Å². The van der Waals surface area contributed by atoms with E-state index in [2.05, 4.69) is 15.0 Å². The van der Waals surface area contributed by atoms with E-state index >= 15 is 0 Å². The van der Waals surface area contributed by atoms with E-state index in [-0.39, 0.29) is 5.56 Å². The Bertz CT molecular complexity index is 1010. The number of hydrogen-bond acceptors (Lipinski definition) is 7. The van der Waals surface area contributed by atoms with Crippen LogP contribution < -0.4 is 10.9 Å². The van der Waals surface area contributed by atoms with Crippen LogP contribution in [-0.4, -0.2) is 33.9 Å². The van der Waals surface area contributed by atoms with Crippen LogP contribution in [0, 0.1) is 0 Å². The molecule has 0 radical (unpaired) electrons. The number of imide groups is 1. The third-order valence-corrected chi connectivity index (χ3v) is 5.40. The third kappa shape index (κ3) is 3.63. The van der Waals surface area contributed by atoms with Gasteiger partial charge in [0.2, 0.25) is 5.91 Å². The number of carbonyl (C=O) groups is 2. The van der Waals surface area contributed by atoms with E-state index in [0.29, 0.717) is 21.1 Å². The Labute approximate surface area is 157 Å². The van der Waals surface area contributed by atoms with Crippen molar-refractivity contribution in [2.75, 3.05) is 7.11 Å². The van der Waals surface area contributed by atoms with Gasteiger partial charge in [0, 0.05) is 0 Å². The lowest BCUT2D eigenvalue weighted by molar-refractivity contribution is -0.119. The molecule has 3 aromatic rings. The van der Waals surface area contributed by atoms with E-state index in [9.17, 15) is 14.4 Å². The van der Waals surface area contributed by atoms with E-state index in [1.807, 2.05) is 18.2 Å². The van der Waals surface area contributed by atoms with E-state index in [1.54, 1.807) is 30.5 Å². The molecule has 1 N–H and O–H groups in total. The summed E-state index contributed by atoms with van der Waals surface area (Å²) < 4.78 is 5.91. The number of amides is 2. The van der Waals surface area contributed by atoms with Crippen molar-refractivity contribution >= 4 is 45.3 Å². The highest BCUT2D eigenvalue weighted by molar-refractivity contribution is 8.00. The maximum atomic E-state index is 12.9. The topological polar surface area (TPSA) is 90.3 Å². The fourth-order valence-electron chi connectivity index (χ4n) is 2.24. The number of benzene rings is 1. The molecule has 0 aliphatic heterocycles. The molecule has 0 spiro atoms. The number of thioether (sulfide) groups is 1. The van der Waals surface area contributed by atoms with Crippen molar-refractivity contribution < 1.29 is 14.3 Å². The van der Waals surface area contributed by atoms with Gasteiger partial charge >= 0.3 is 6.09 Å². The summed E-state index contributed by atoms with van der Waals surface area (Å²) in [5.41, 5.74) is 0.451. The molecule has 1 atom stereocenters. The monoisotopic (exact) mass is 389 g/mol. The summed E-state index contributed by atoms with van der Waals surface area (Å²) >= 11 is 2.45. The summed E-state index contributed by atoms with van der Waals surface area (Å²) in [5, 5.41) is 4.17. The van der Waals surface area contributed by atoms with Crippen LogP contribution in [0.3, 0.4) is 0 Å². The Kier molecular flexibility index (Phi) is 5.38. The number of methoxy groups -OCH3 is 1. The summed E-state index contributed by atoms with van der Waals surface area (Å²) in [5.74, 6) is -0.526. The van der Waals surface area contributed by atoms with Gasteiger partial charge in [0.25, 0.3) is 5.56 Å². The van der Waals surface area contributed by atoms with Crippen molar-refractivity contribution in [2.24, 2.45) is 0 Å². The van der Waals surface area contributed by atoms with Crippen molar-refractivity contribution in [1.29, 1.82) is 0 Å². The first-order valence-electron chi connectivity index (χ1n) is 7.62. The molecule has 0 aliphatic rings. The van der Waals surface area contributed by atoms with E-state index in [1.165, 1.54) is 23.0 Å². The zero-order valence-corrected chi connectivity index (χ0v) is 15.6. The number of nitrogens with zero attached hydrogens (tertiary/aromatic N) is 2. The number of hydrogen-bond donors (Lipinski definition) is 1. The van der Waals surface area contributed by atoms with Crippen molar-refractivity contribution in [3.8, 4) is 5.69 Å². The molecule has 0 fully saturated rings. The van der Waals surface area contributed by atoms with Crippen LogP contribution in [0.1, 0.15) is 6.92 Å². The largest absolute Gasteiger partial charge is 0.453 e. The molecule has 3 rings (SSSR count). The fraction of sp³-hybridized carbons (Fsp3) is 0.176. The SMILES string of the molecule is COC(=O)NC(=O)[C@H](C)Sc1nc2sccc2c(=O)n1-c1ccccc1. The van der Waals surface area contributed by atoms with Crippen LogP contribution in [0.2, 0.25) is 0 Å². The second kappa shape index (κ2) is 7.71. The van der Waals surface area contributed by atoms with Gasteiger partial charge in [0.1, 0.15) is 4.83 Å². The molecule has 2 heterocycles. The van der Waals surface area contributed by atoms with Gasteiger partial charge in [-0.2, -0.15) is 0 Å². The first kappa shape index (κ1) is 18.2. The lowest BCUT2D eigenvalue weighted by Gasteiger charge is -2.15. The van der Waals surface area contributed by atoms with Gasteiger partial charge in [-0.3, -0.25) is 19.5 Å². The predicted octanol–water partition coefficient (Wildman–Crippen LogP) is 2.81. The second-order valence-electron chi connectivity index (χ2n) is 5.25. The van der Waals surface area contributed by atoms with Crippen LogP contribution in [0.5, 0.6) is 0 Å². The van der Waals surface area contributed by atoms with Crippen LogP contribution in [-0.2, 0) is 9.53 Å². The maximum absolute atomic E-state index is 12.9. The number of para-hydroxylation sites is 1. The minimum absolute atomic E-state index is 0.203. The number of ether oxygens (including phenoxy) is 1. The minimum Gasteiger partial charge on any atom is -0.453 e. The maximum Gasteiger partial charge on any atom is 0.413 e. The highest BCUT2D eigenvalue weighted by Crippen LogP contribution is 2.26. The number of fused-ring (bicyclic) bond motifs is 1. The van der Waals surface area contributed by atoms with Gasteiger partial charge in [-0.15, -0.1) is 11.3 Å². The molecule has 0 saturated carbocycles. The van der Waals surface area contributed by atoms with Crippen LogP contribution in [0.15, 0.2) is 51.7 Å². The van der Waals surface area contributed by atoms with E-state index in [0.717, 1.165) is 11.8 Å². The number of carbonyl (C=O) groups excluding carboxylic acids is 2. The molecule has 0 bridgehead atoms. The number of thiophene rings is 1. The first-order valence-corrected chi connectivity index (χ1v) is 9.38. The first-order chi connectivity index (χ1) is 12.5. The molecule has 2 aromatic heterocycles. The van der Waals surface area contributed by atoms with Gasteiger partial charge in [-0.25, -0.2) is 9.78 Å².